The maximum atomic E-state index is 15.0. The number of fused-ring (bicyclic) bond motifs is 1. The molecule has 3 rings (SSSR count). The molecule has 1 aliphatic rings. The van der Waals surface area contributed by atoms with E-state index in [0.29, 0.717) is 21.8 Å². The molecule has 1 N–H and O–H groups in total. The van der Waals surface area contributed by atoms with Crippen LogP contribution in [0.2, 0.25) is 5.02 Å². The number of thioether (sulfide) groups is 1. The Morgan fingerprint density at radius 3 is 2.79 bits per heavy atom. The van der Waals surface area contributed by atoms with Crippen LogP contribution in [0.3, 0.4) is 0 Å². The van der Waals surface area contributed by atoms with Crippen molar-refractivity contribution in [3.05, 3.63) is 58.4 Å². The van der Waals surface area contributed by atoms with Crippen LogP contribution in [-0.4, -0.2) is 30.8 Å². The summed E-state index contributed by atoms with van der Waals surface area (Å²) >= 11 is 7.35. The Labute approximate surface area is 171 Å². The van der Waals surface area contributed by atoms with Crippen LogP contribution >= 0.6 is 23.4 Å². The van der Waals surface area contributed by atoms with Gasteiger partial charge in [0.2, 0.25) is 5.91 Å². The van der Waals surface area contributed by atoms with Gasteiger partial charge in [0.1, 0.15) is 0 Å². The zero-order valence-electron chi connectivity index (χ0n) is 15.3. The third kappa shape index (κ3) is 4.25. The predicted octanol–water partition coefficient (Wildman–Crippen LogP) is 4.58. The van der Waals surface area contributed by atoms with E-state index in [0.717, 1.165) is 0 Å². The van der Waals surface area contributed by atoms with Gasteiger partial charge in [0, 0.05) is 16.3 Å². The van der Waals surface area contributed by atoms with Crippen LogP contribution in [0.1, 0.15) is 29.7 Å². The maximum absolute atomic E-state index is 15.0. The van der Waals surface area contributed by atoms with Gasteiger partial charge in [0.25, 0.3) is 0 Å². The lowest BCUT2D eigenvalue weighted by Crippen LogP contribution is -2.27. The topological polar surface area (TPSA) is 64.6 Å². The van der Waals surface area contributed by atoms with Gasteiger partial charge in [-0.05, 0) is 36.8 Å². The molecule has 0 saturated heterocycles. The van der Waals surface area contributed by atoms with Crippen molar-refractivity contribution in [1.82, 2.24) is 0 Å². The Morgan fingerprint density at radius 2 is 2.07 bits per heavy atom. The zero-order chi connectivity index (χ0) is 20.3. The molecule has 0 saturated carbocycles. The van der Waals surface area contributed by atoms with Crippen LogP contribution in [0.25, 0.3) is 0 Å². The first kappa shape index (κ1) is 20.5. The first-order valence-electron chi connectivity index (χ1n) is 8.68. The molecule has 8 heteroatoms. The number of rotatable bonds is 5. The first-order valence-corrected chi connectivity index (χ1v) is 10.0. The zero-order valence-corrected chi connectivity index (χ0v) is 16.9. The van der Waals surface area contributed by atoms with Crippen molar-refractivity contribution < 1.29 is 23.5 Å². The largest absolute Gasteiger partial charge is 0.494 e. The Bertz CT molecular complexity index is 908. The number of methoxy groups -OCH3 is 1. The number of benzene rings is 2. The fourth-order valence-corrected chi connectivity index (χ4v) is 4.61. The van der Waals surface area contributed by atoms with Gasteiger partial charge in [-0.2, -0.15) is 0 Å². The lowest BCUT2D eigenvalue weighted by atomic mass is 10.0. The molecule has 28 heavy (non-hydrogen) atoms. The summed E-state index contributed by atoms with van der Waals surface area (Å²) in [6.45, 7) is 1.92. The standard InChI is InChI=1S/C20H19ClFNO4S/c1-3-27-17(24)10-16-20(25)23-14-8-7-11(21)9-13(14)19(28-16)12-5-4-6-15(26-2)18(12)22/h4-9,16,19H,3,10H2,1-2H3,(H,23,25). The fraction of sp³-hybridized carbons (Fsp3) is 0.300. The van der Waals surface area contributed by atoms with Crippen LogP contribution in [0.4, 0.5) is 10.1 Å². The van der Waals surface area contributed by atoms with Crippen molar-refractivity contribution in [2.24, 2.45) is 0 Å². The minimum Gasteiger partial charge on any atom is -0.494 e. The molecule has 0 spiro atoms. The highest BCUT2D eigenvalue weighted by Gasteiger charge is 2.35. The van der Waals surface area contributed by atoms with Crippen molar-refractivity contribution >= 4 is 40.9 Å². The SMILES string of the molecule is CCOC(=O)CC1SC(c2cccc(OC)c2F)c2cc(Cl)ccc2NC1=O. The molecule has 2 unspecified atom stereocenters. The molecule has 0 radical (unpaired) electrons. The average molecular weight is 424 g/mol. The normalized spacial score (nSPS) is 18.6. The molecule has 1 amide bonds. The number of hydrogen-bond donors (Lipinski definition) is 1. The van der Waals surface area contributed by atoms with Gasteiger partial charge in [-0.25, -0.2) is 4.39 Å². The Balaban J connectivity index is 2.08. The monoisotopic (exact) mass is 423 g/mol. The van der Waals surface area contributed by atoms with Crippen molar-refractivity contribution in [3.8, 4) is 5.75 Å². The quantitative estimate of drug-likeness (QED) is 0.713. The molecule has 148 valence electrons. The second kappa shape index (κ2) is 8.84. The molecule has 0 bridgehead atoms. The summed E-state index contributed by atoms with van der Waals surface area (Å²) in [7, 11) is 1.39. The highest BCUT2D eigenvalue weighted by atomic mass is 35.5. The molecule has 0 aromatic heterocycles. The Morgan fingerprint density at radius 1 is 1.29 bits per heavy atom. The molecule has 1 aliphatic heterocycles. The summed E-state index contributed by atoms with van der Waals surface area (Å²) in [5, 5.41) is 1.96. The summed E-state index contributed by atoms with van der Waals surface area (Å²) < 4.78 is 25.1. The van der Waals surface area contributed by atoms with Crippen LogP contribution in [0, 0.1) is 5.82 Å². The predicted molar refractivity (Wildman–Crippen MR) is 108 cm³/mol. The Kier molecular flexibility index (Phi) is 6.46. The van der Waals surface area contributed by atoms with Crippen LogP contribution in [0.15, 0.2) is 36.4 Å². The molecular weight excluding hydrogens is 405 g/mol. The number of hydrogen-bond acceptors (Lipinski definition) is 5. The van der Waals surface area contributed by atoms with E-state index in [1.807, 2.05) is 0 Å². The van der Waals surface area contributed by atoms with E-state index in [9.17, 15) is 9.59 Å². The summed E-state index contributed by atoms with van der Waals surface area (Å²) in [5.74, 6) is -1.23. The van der Waals surface area contributed by atoms with Crippen molar-refractivity contribution in [2.75, 3.05) is 19.0 Å². The molecule has 2 aromatic carbocycles. The smallest absolute Gasteiger partial charge is 0.307 e. The van der Waals surface area contributed by atoms with E-state index in [2.05, 4.69) is 5.32 Å². The number of carbonyl (C=O) groups excluding carboxylic acids is 2. The lowest BCUT2D eigenvalue weighted by molar-refractivity contribution is -0.143. The van der Waals surface area contributed by atoms with Gasteiger partial charge in [-0.15, -0.1) is 11.8 Å². The van der Waals surface area contributed by atoms with Crippen molar-refractivity contribution in [3.63, 3.8) is 0 Å². The second-order valence-electron chi connectivity index (χ2n) is 6.10. The van der Waals surface area contributed by atoms with E-state index < -0.39 is 22.3 Å². The van der Waals surface area contributed by atoms with Crippen LogP contribution in [-0.2, 0) is 14.3 Å². The van der Waals surface area contributed by atoms with Gasteiger partial charge in [0.15, 0.2) is 11.6 Å². The van der Waals surface area contributed by atoms with Gasteiger partial charge in [-0.3, -0.25) is 9.59 Å². The summed E-state index contributed by atoms with van der Waals surface area (Å²) in [4.78, 5) is 24.7. The van der Waals surface area contributed by atoms with E-state index in [4.69, 9.17) is 21.1 Å². The number of halogens is 2. The molecule has 1 heterocycles. The lowest BCUT2D eigenvalue weighted by Gasteiger charge is -2.21. The number of amides is 1. The fourth-order valence-electron chi connectivity index (χ4n) is 3.02. The average Bonchev–Trinajstić information content (AvgIpc) is 2.79. The van der Waals surface area contributed by atoms with Gasteiger partial charge < -0.3 is 14.8 Å². The Hall–Kier alpha value is -2.25. The summed E-state index contributed by atoms with van der Waals surface area (Å²) in [6.07, 6.45) is -0.117. The highest BCUT2D eigenvalue weighted by molar-refractivity contribution is 8.01. The van der Waals surface area contributed by atoms with E-state index >= 15 is 4.39 Å². The molecule has 5 nitrogen and oxygen atoms in total. The summed E-state index contributed by atoms with van der Waals surface area (Å²) in [6, 6.07) is 9.86. The van der Waals surface area contributed by atoms with Gasteiger partial charge in [0.05, 0.1) is 30.6 Å². The van der Waals surface area contributed by atoms with E-state index in [1.54, 1.807) is 37.3 Å². The third-order valence-corrected chi connectivity index (χ3v) is 6.02. The van der Waals surface area contributed by atoms with Crippen LogP contribution in [0.5, 0.6) is 5.75 Å². The van der Waals surface area contributed by atoms with Crippen molar-refractivity contribution in [1.29, 1.82) is 0 Å². The van der Waals surface area contributed by atoms with Crippen molar-refractivity contribution in [2.45, 2.75) is 23.8 Å². The molecular formula is C20H19ClFNO4S. The second-order valence-corrected chi connectivity index (χ2v) is 7.85. The number of nitrogens with one attached hydrogen (secondary N) is 1. The number of esters is 1. The van der Waals surface area contributed by atoms with Gasteiger partial charge in [-0.1, -0.05) is 23.7 Å². The third-order valence-electron chi connectivity index (χ3n) is 4.30. The molecule has 2 atom stereocenters. The first-order chi connectivity index (χ1) is 13.4. The highest BCUT2D eigenvalue weighted by Crippen LogP contribution is 2.47. The number of ether oxygens (including phenoxy) is 2. The molecule has 0 aliphatic carbocycles. The number of anilines is 1. The maximum Gasteiger partial charge on any atom is 0.307 e. The molecule has 2 aromatic rings. The van der Waals surface area contributed by atoms with E-state index in [1.165, 1.54) is 24.9 Å². The molecule has 0 fully saturated rings. The minimum absolute atomic E-state index is 0.104. The van der Waals surface area contributed by atoms with E-state index in [-0.39, 0.29) is 24.7 Å². The van der Waals surface area contributed by atoms with Crippen LogP contribution < -0.4 is 10.1 Å². The van der Waals surface area contributed by atoms with Gasteiger partial charge >= 0.3 is 5.97 Å². The summed E-state index contributed by atoms with van der Waals surface area (Å²) in [5.41, 5.74) is 1.53. The number of carbonyl (C=O) groups is 2. The minimum atomic E-state index is -0.749.